The van der Waals surface area contributed by atoms with Crippen molar-refractivity contribution in [2.75, 3.05) is 31.2 Å². The van der Waals surface area contributed by atoms with Crippen LogP contribution >= 0.6 is 0 Å². The van der Waals surface area contributed by atoms with Gasteiger partial charge in [0.1, 0.15) is 5.82 Å². The number of nitrogen functional groups attached to an aromatic ring is 1. The molecule has 1 aromatic heterocycles. The molecule has 0 saturated heterocycles. The highest BCUT2D eigenvalue weighted by molar-refractivity contribution is 5.61. The first-order chi connectivity index (χ1) is 7.50. The van der Waals surface area contributed by atoms with Crippen LogP contribution in [0.1, 0.15) is 19.4 Å². The van der Waals surface area contributed by atoms with Crippen LogP contribution in [0, 0.1) is 6.92 Å². The second-order valence-electron chi connectivity index (χ2n) is 4.45. The number of aromatic nitrogens is 1. The Hall–Kier alpha value is -1.29. The number of aryl methyl sites for hydroxylation is 1. The minimum atomic E-state index is 0.560. The molecule has 1 rings (SSSR count). The number of nitrogens with zero attached hydrogens (tertiary/aromatic N) is 2. The number of pyridine rings is 1. The Balaban J connectivity index is 2.43. The van der Waals surface area contributed by atoms with Crippen molar-refractivity contribution in [1.29, 1.82) is 0 Å². The summed E-state index contributed by atoms with van der Waals surface area (Å²) in [6.45, 7) is 8.18. The summed E-state index contributed by atoms with van der Waals surface area (Å²) in [5.74, 6) is 0.780. The van der Waals surface area contributed by atoms with Crippen molar-refractivity contribution in [2.24, 2.45) is 0 Å². The van der Waals surface area contributed by atoms with Crippen LogP contribution in [0.3, 0.4) is 0 Å². The maximum atomic E-state index is 5.86. The molecule has 16 heavy (non-hydrogen) atoms. The predicted octanol–water partition coefficient (Wildman–Crippen LogP) is 1.72. The highest BCUT2D eigenvalue weighted by atomic mass is 15.1. The lowest BCUT2D eigenvalue weighted by atomic mass is 10.3. The van der Waals surface area contributed by atoms with Crippen LogP contribution in [0.2, 0.25) is 0 Å². The summed E-state index contributed by atoms with van der Waals surface area (Å²) in [5.41, 5.74) is 7.66. The van der Waals surface area contributed by atoms with E-state index >= 15 is 0 Å². The van der Waals surface area contributed by atoms with E-state index in [0.717, 1.165) is 24.5 Å². The molecule has 0 unspecified atom stereocenters. The second-order valence-corrected chi connectivity index (χ2v) is 4.45. The summed E-state index contributed by atoms with van der Waals surface area (Å²) in [6.07, 6.45) is 1.82. The van der Waals surface area contributed by atoms with Crippen LogP contribution in [0.4, 0.5) is 11.5 Å². The van der Waals surface area contributed by atoms with Crippen LogP contribution in [-0.2, 0) is 0 Å². The van der Waals surface area contributed by atoms with E-state index < -0.39 is 0 Å². The lowest BCUT2D eigenvalue weighted by Gasteiger charge is -2.21. The van der Waals surface area contributed by atoms with E-state index in [2.05, 4.69) is 36.1 Å². The molecule has 0 aromatic carbocycles. The molecule has 0 aliphatic carbocycles. The van der Waals surface area contributed by atoms with Gasteiger partial charge in [0.2, 0.25) is 0 Å². The Morgan fingerprint density at radius 1 is 1.50 bits per heavy atom. The largest absolute Gasteiger partial charge is 0.396 e. The molecule has 3 N–H and O–H groups in total. The molecule has 0 radical (unpaired) electrons. The average molecular weight is 222 g/mol. The van der Waals surface area contributed by atoms with Gasteiger partial charge in [0.05, 0.1) is 5.69 Å². The number of hydrogen-bond donors (Lipinski definition) is 2. The van der Waals surface area contributed by atoms with Crippen molar-refractivity contribution in [3.05, 3.63) is 17.8 Å². The van der Waals surface area contributed by atoms with Crippen LogP contribution in [0.15, 0.2) is 12.3 Å². The van der Waals surface area contributed by atoms with Gasteiger partial charge in [-0.05, 0) is 39.4 Å². The van der Waals surface area contributed by atoms with Crippen molar-refractivity contribution in [3.8, 4) is 0 Å². The number of nitrogens with one attached hydrogen (secondary N) is 1. The van der Waals surface area contributed by atoms with Crippen molar-refractivity contribution >= 4 is 11.5 Å². The fourth-order valence-corrected chi connectivity index (χ4v) is 1.35. The summed E-state index contributed by atoms with van der Waals surface area (Å²) in [5, 5.41) is 3.25. The molecule has 0 spiro atoms. The monoisotopic (exact) mass is 222 g/mol. The quantitative estimate of drug-likeness (QED) is 0.796. The minimum absolute atomic E-state index is 0.560. The lowest BCUT2D eigenvalue weighted by Crippen LogP contribution is -2.31. The van der Waals surface area contributed by atoms with E-state index in [1.54, 1.807) is 0 Å². The van der Waals surface area contributed by atoms with Gasteiger partial charge >= 0.3 is 0 Å². The lowest BCUT2D eigenvalue weighted by molar-refractivity contribution is 0.284. The highest BCUT2D eigenvalue weighted by Crippen LogP contribution is 2.15. The molecule has 4 nitrogen and oxygen atoms in total. The van der Waals surface area contributed by atoms with Gasteiger partial charge in [-0.3, -0.25) is 0 Å². The van der Waals surface area contributed by atoms with Gasteiger partial charge in [-0.15, -0.1) is 0 Å². The summed E-state index contributed by atoms with van der Waals surface area (Å²) >= 11 is 0. The molecular formula is C12H22N4. The number of rotatable bonds is 5. The van der Waals surface area contributed by atoms with Crippen LogP contribution in [-0.4, -0.2) is 36.1 Å². The van der Waals surface area contributed by atoms with E-state index in [0.29, 0.717) is 11.7 Å². The van der Waals surface area contributed by atoms with Gasteiger partial charge in [0, 0.05) is 25.3 Å². The Morgan fingerprint density at radius 3 is 2.75 bits per heavy atom. The zero-order chi connectivity index (χ0) is 12.1. The number of anilines is 2. The fourth-order valence-electron chi connectivity index (χ4n) is 1.35. The number of likely N-dealkylation sites (N-methyl/N-ethyl adjacent to an activating group) is 1. The molecule has 1 heterocycles. The number of nitrogens with two attached hydrogens (primary N) is 1. The van der Waals surface area contributed by atoms with Crippen molar-refractivity contribution in [3.63, 3.8) is 0 Å². The fraction of sp³-hybridized carbons (Fsp3) is 0.583. The smallest absolute Gasteiger partial charge is 0.149 e. The van der Waals surface area contributed by atoms with Gasteiger partial charge in [-0.2, -0.15) is 0 Å². The van der Waals surface area contributed by atoms with Gasteiger partial charge < -0.3 is 16.0 Å². The summed E-state index contributed by atoms with van der Waals surface area (Å²) in [6, 6.07) is 2.49. The van der Waals surface area contributed by atoms with Gasteiger partial charge in [0.15, 0.2) is 0 Å². The average Bonchev–Trinajstić information content (AvgIpc) is 2.20. The molecule has 4 heteroatoms. The zero-order valence-corrected chi connectivity index (χ0v) is 10.6. The van der Waals surface area contributed by atoms with E-state index in [1.165, 1.54) is 0 Å². The normalized spacial score (nSPS) is 11.1. The Labute approximate surface area is 97.9 Å². The maximum Gasteiger partial charge on any atom is 0.149 e. The molecule has 0 atom stereocenters. The van der Waals surface area contributed by atoms with E-state index in [4.69, 9.17) is 5.73 Å². The van der Waals surface area contributed by atoms with Gasteiger partial charge in [-0.1, -0.05) is 0 Å². The summed E-state index contributed by atoms with van der Waals surface area (Å²) < 4.78 is 0. The molecule has 0 aliphatic heterocycles. The van der Waals surface area contributed by atoms with Gasteiger partial charge in [-0.25, -0.2) is 4.98 Å². The third-order valence-electron chi connectivity index (χ3n) is 2.69. The van der Waals surface area contributed by atoms with Crippen LogP contribution < -0.4 is 11.1 Å². The third kappa shape index (κ3) is 3.70. The first kappa shape index (κ1) is 12.8. The Bertz CT molecular complexity index is 336. The van der Waals surface area contributed by atoms with Crippen molar-refractivity contribution < 1.29 is 0 Å². The molecule has 0 saturated carbocycles. The van der Waals surface area contributed by atoms with E-state index in [9.17, 15) is 0 Å². The Kier molecular flexibility index (Phi) is 4.55. The zero-order valence-electron chi connectivity index (χ0n) is 10.6. The molecular weight excluding hydrogens is 200 g/mol. The van der Waals surface area contributed by atoms with E-state index in [1.807, 2.05) is 19.2 Å². The number of hydrogen-bond acceptors (Lipinski definition) is 4. The maximum absolute atomic E-state index is 5.86. The molecule has 0 bridgehead atoms. The first-order valence-corrected chi connectivity index (χ1v) is 5.67. The Morgan fingerprint density at radius 2 is 2.19 bits per heavy atom. The highest BCUT2D eigenvalue weighted by Gasteiger charge is 2.03. The second kappa shape index (κ2) is 5.70. The third-order valence-corrected chi connectivity index (χ3v) is 2.69. The molecule has 0 aliphatic rings. The van der Waals surface area contributed by atoms with E-state index in [-0.39, 0.29) is 0 Å². The SMILES string of the molecule is Cc1cnc(NCCN(C)C(C)C)c(N)c1. The van der Waals surface area contributed by atoms with Crippen molar-refractivity contribution in [1.82, 2.24) is 9.88 Å². The summed E-state index contributed by atoms with van der Waals surface area (Å²) in [7, 11) is 2.11. The first-order valence-electron chi connectivity index (χ1n) is 5.67. The minimum Gasteiger partial charge on any atom is -0.396 e. The summed E-state index contributed by atoms with van der Waals surface area (Å²) in [4.78, 5) is 6.54. The molecule has 1 aromatic rings. The topological polar surface area (TPSA) is 54.2 Å². The predicted molar refractivity (Wildman–Crippen MR) is 69.6 cm³/mol. The standard InChI is InChI=1S/C12H22N4/c1-9(2)16(4)6-5-14-12-11(13)7-10(3)8-15-12/h7-9H,5-6,13H2,1-4H3,(H,14,15). The van der Waals surface area contributed by atoms with Crippen molar-refractivity contribution in [2.45, 2.75) is 26.8 Å². The van der Waals surface area contributed by atoms with Crippen LogP contribution in [0.25, 0.3) is 0 Å². The molecule has 90 valence electrons. The molecule has 0 fully saturated rings. The van der Waals surface area contributed by atoms with Gasteiger partial charge in [0.25, 0.3) is 0 Å². The molecule has 0 amide bonds. The van der Waals surface area contributed by atoms with Crippen LogP contribution in [0.5, 0.6) is 0 Å².